The molecule has 0 radical (unpaired) electrons. The minimum Gasteiger partial charge on any atom is -0.493 e. The highest BCUT2D eigenvalue weighted by molar-refractivity contribution is 7.99. The number of fused-ring (bicyclic) bond motifs is 2. The molecule has 0 spiro atoms. The third-order valence-electron chi connectivity index (χ3n) is 10.7. The number of unbranched alkanes of at least 4 members (excludes halogenated alkanes) is 2. The zero-order chi connectivity index (χ0) is 39.0. The Labute approximate surface area is 336 Å². The molecule has 2 aromatic rings. The van der Waals surface area contributed by atoms with Gasteiger partial charge in [0, 0.05) is 48.3 Å². The maximum atomic E-state index is 14.0. The number of hydrogen-bond donors (Lipinski definition) is 2. The van der Waals surface area contributed by atoms with Crippen molar-refractivity contribution in [3.63, 3.8) is 0 Å². The molecular weight excluding hydrogens is 740 g/mol. The van der Waals surface area contributed by atoms with Gasteiger partial charge in [-0.15, -0.1) is 29.9 Å². The van der Waals surface area contributed by atoms with Crippen LogP contribution in [0.5, 0.6) is 11.5 Å². The smallest absolute Gasteiger partial charge is 0.410 e. The van der Waals surface area contributed by atoms with Crippen molar-refractivity contribution in [1.82, 2.24) is 4.90 Å². The standard InChI is InChI=1S/C43H59ClN2O8S/c1-4-21-46(42(49)51-25-20-44)39-30-37(45-53-6-3)35-28-31(14-10-12-22-47)34(17-11-13-23-48)40-36-29-32(50-26-27-55-33-15-8-7-9-16-33)18-19-38(36)54-43(39,41(35)40)52-24-5-2/h5,7-9,15-16,18-19,28-29,31,34,39-41,47-48H,2,4,6,10-14,17,20-27,30H2,1,3H3. The lowest BCUT2D eigenvalue weighted by molar-refractivity contribution is -0.255. The molecule has 10 nitrogen and oxygen atoms in total. The Bertz CT molecular complexity index is 1580. The van der Waals surface area contributed by atoms with Gasteiger partial charge in [-0.05, 0) is 86.8 Å². The van der Waals surface area contributed by atoms with Crippen molar-refractivity contribution in [3.8, 4) is 11.5 Å². The minimum absolute atomic E-state index is 0.0731. The lowest BCUT2D eigenvalue weighted by Crippen LogP contribution is -2.70. The summed E-state index contributed by atoms with van der Waals surface area (Å²) in [5.41, 5.74) is 2.77. The largest absolute Gasteiger partial charge is 0.493 e. The Morgan fingerprint density at radius 2 is 1.87 bits per heavy atom. The van der Waals surface area contributed by atoms with E-state index < -0.39 is 23.8 Å². The maximum Gasteiger partial charge on any atom is 0.410 e. The fourth-order valence-corrected chi connectivity index (χ4v) is 9.37. The number of thioether (sulfide) groups is 1. The predicted octanol–water partition coefficient (Wildman–Crippen LogP) is 8.60. The van der Waals surface area contributed by atoms with Crippen LogP contribution in [-0.2, 0) is 14.3 Å². The van der Waals surface area contributed by atoms with Crippen molar-refractivity contribution >= 4 is 35.2 Å². The molecule has 2 N–H and O–H groups in total. The molecule has 302 valence electrons. The quantitative estimate of drug-likeness (QED) is 0.0375. The monoisotopic (exact) mass is 798 g/mol. The topological polar surface area (TPSA) is 119 Å². The highest BCUT2D eigenvalue weighted by atomic mass is 35.5. The first-order chi connectivity index (χ1) is 27.0. The van der Waals surface area contributed by atoms with Crippen molar-refractivity contribution in [2.75, 3.05) is 57.8 Å². The number of carbonyl (C=O) groups excluding carboxylic acids is 1. The van der Waals surface area contributed by atoms with Crippen LogP contribution in [0.4, 0.5) is 4.79 Å². The van der Waals surface area contributed by atoms with Gasteiger partial charge in [0.1, 0.15) is 30.8 Å². The van der Waals surface area contributed by atoms with Gasteiger partial charge >= 0.3 is 6.09 Å². The Balaban J connectivity index is 1.67. The van der Waals surface area contributed by atoms with Crippen LogP contribution in [0.2, 0.25) is 0 Å². The van der Waals surface area contributed by atoms with Gasteiger partial charge in [0.2, 0.25) is 5.79 Å². The lowest BCUT2D eigenvalue weighted by atomic mass is 9.55. The summed E-state index contributed by atoms with van der Waals surface area (Å²) >= 11 is 7.74. The maximum absolute atomic E-state index is 14.0. The van der Waals surface area contributed by atoms with Crippen LogP contribution < -0.4 is 9.47 Å². The summed E-state index contributed by atoms with van der Waals surface area (Å²) in [4.78, 5) is 22.7. The third-order valence-corrected chi connectivity index (χ3v) is 11.8. The van der Waals surface area contributed by atoms with Crippen LogP contribution in [0.25, 0.3) is 0 Å². The molecular formula is C43H59ClN2O8S. The molecule has 0 aromatic heterocycles. The SMILES string of the molecule is C=CCOC12Oc3ccc(OCCSc4ccccc4)cc3C3C(CCCCO)C(CCCCO)C=C(C(=NOCC)CC1N(CCC)C(=O)OCCCl)C32. The molecule has 1 fully saturated rings. The second kappa shape index (κ2) is 21.9. The fourth-order valence-electron chi connectivity index (χ4n) is 8.54. The number of aliphatic hydroxyl groups excluding tert-OH is 2. The van der Waals surface area contributed by atoms with Crippen LogP contribution in [0.1, 0.15) is 76.7 Å². The normalized spacial score (nSPS) is 24.6. The third kappa shape index (κ3) is 10.4. The van der Waals surface area contributed by atoms with E-state index in [1.807, 2.05) is 44.2 Å². The van der Waals surface area contributed by atoms with Gasteiger partial charge in [-0.3, -0.25) is 4.90 Å². The highest BCUT2D eigenvalue weighted by Crippen LogP contribution is 2.62. The summed E-state index contributed by atoms with van der Waals surface area (Å²) in [5.74, 6) is 0.795. The number of nitrogens with zero attached hydrogens (tertiary/aromatic N) is 2. The molecule has 0 saturated heterocycles. The predicted molar refractivity (Wildman–Crippen MR) is 218 cm³/mol. The number of allylic oxidation sites excluding steroid dienone is 1. The molecule has 1 amide bonds. The van der Waals surface area contributed by atoms with Gasteiger partial charge in [0.05, 0.1) is 30.7 Å². The van der Waals surface area contributed by atoms with Crippen molar-refractivity contribution < 1.29 is 38.8 Å². The number of alkyl halides is 1. The van der Waals surface area contributed by atoms with E-state index in [1.54, 1.807) is 22.7 Å². The number of rotatable bonds is 23. The van der Waals surface area contributed by atoms with E-state index in [0.717, 1.165) is 54.0 Å². The first kappa shape index (κ1) is 42.9. The molecule has 1 saturated carbocycles. The first-order valence-corrected chi connectivity index (χ1v) is 21.5. The fraction of sp³-hybridized carbons (Fsp3) is 0.581. The molecule has 3 aliphatic rings. The summed E-state index contributed by atoms with van der Waals surface area (Å²) in [6.07, 6.45) is 9.38. The van der Waals surface area contributed by atoms with Crippen molar-refractivity contribution in [3.05, 3.63) is 78.4 Å². The molecule has 12 heteroatoms. The average Bonchev–Trinajstić information content (AvgIpc) is 3.21. The van der Waals surface area contributed by atoms with Gasteiger partial charge in [0.25, 0.3) is 0 Å². The van der Waals surface area contributed by atoms with Crippen LogP contribution in [0.15, 0.2) is 82.9 Å². The molecule has 2 aliphatic carbocycles. The molecule has 1 aliphatic heterocycles. The van der Waals surface area contributed by atoms with E-state index in [0.29, 0.717) is 51.2 Å². The van der Waals surface area contributed by atoms with E-state index >= 15 is 0 Å². The van der Waals surface area contributed by atoms with E-state index in [2.05, 4.69) is 30.9 Å². The van der Waals surface area contributed by atoms with Gasteiger partial charge in [-0.25, -0.2) is 4.79 Å². The van der Waals surface area contributed by atoms with Gasteiger partial charge in [0.15, 0.2) is 0 Å². The number of amides is 1. The summed E-state index contributed by atoms with van der Waals surface area (Å²) < 4.78 is 26.3. The van der Waals surface area contributed by atoms with Crippen molar-refractivity contribution in [2.24, 2.45) is 22.9 Å². The second-order valence-electron chi connectivity index (χ2n) is 14.2. The molecule has 6 unspecified atom stereocenters. The molecule has 55 heavy (non-hydrogen) atoms. The van der Waals surface area contributed by atoms with Gasteiger partial charge in [-0.2, -0.15) is 0 Å². The second-order valence-corrected chi connectivity index (χ2v) is 15.7. The zero-order valence-corrected chi connectivity index (χ0v) is 34.0. The number of carbonyl (C=O) groups is 1. The number of oxime groups is 1. The zero-order valence-electron chi connectivity index (χ0n) is 32.4. The van der Waals surface area contributed by atoms with E-state index in [9.17, 15) is 15.0 Å². The highest BCUT2D eigenvalue weighted by Gasteiger charge is 2.65. The number of hydrogen-bond acceptors (Lipinski definition) is 10. The molecule has 0 bridgehead atoms. The Kier molecular flexibility index (Phi) is 17.1. The number of ether oxygens (including phenoxy) is 4. The van der Waals surface area contributed by atoms with Crippen molar-refractivity contribution in [2.45, 2.75) is 87.9 Å². The van der Waals surface area contributed by atoms with Crippen LogP contribution >= 0.6 is 23.4 Å². The number of benzene rings is 2. The van der Waals surface area contributed by atoms with E-state index in [-0.39, 0.29) is 50.1 Å². The number of halogens is 1. The summed E-state index contributed by atoms with van der Waals surface area (Å²) in [6, 6.07) is 15.7. The van der Waals surface area contributed by atoms with E-state index in [1.165, 1.54) is 4.90 Å². The first-order valence-electron chi connectivity index (χ1n) is 20.0. The molecule has 6 atom stereocenters. The van der Waals surface area contributed by atoms with Gasteiger partial charge in [-0.1, -0.05) is 55.3 Å². The van der Waals surface area contributed by atoms with Crippen LogP contribution in [0.3, 0.4) is 0 Å². The van der Waals surface area contributed by atoms with Crippen LogP contribution in [0, 0.1) is 17.8 Å². The molecule has 2 aromatic carbocycles. The van der Waals surface area contributed by atoms with Crippen LogP contribution in [-0.4, -0.2) is 96.6 Å². The average molecular weight is 799 g/mol. The summed E-state index contributed by atoms with van der Waals surface area (Å²) in [6.45, 7) is 9.75. The van der Waals surface area contributed by atoms with E-state index in [4.69, 9.17) is 40.5 Å². The Hall–Kier alpha value is -3.22. The van der Waals surface area contributed by atoms with Gasteiger partial charge < -0.3 is 34.0 Å². The lowest BCUT2D eigenvalue weighted by Gasteiger charge is -2.59. The summed E-state index contributed by atoms with van der Waals surface area (Å²) in [5, 5.41) is 24.4. The molecule has 5 rings (SSSR count). The Morgan fingerprint density at radius 1 is 1.09 bits per heavy atom. The summed E-state index contributed by atoms with van der Waals surface area (Å²) in [7, 11) is 0. The Morgan fingerprint density at radius 3 is 2.58 bits per heavy atom. The molecule has 1 heterocycles. The minimum atomic E-state index is -1.34. The van der Waals surface area contributed by atoms with Crippen molar-refractivity contribution in [1.29, 1.82) is 0 Å². The number of aliphatic hydroxyl groups is 2.